The Balaban J connectivity index is 0.999. The van der Waals surface area contributed by atoms with Crippen molar-refractivity contribution in [3.8, 4) is 17.2 Å². The number of aromatic hydroxyl groups is 2. The van der Waals surface area contributed by atoms with Gasteiger partial charge in [-0.2, -0.15) is 0 Å². The number of rotatable bonds is 16. The van der Waals surface area contributed by atoms with Crippen molar-refractivity contribution < 1.29 is 29.3 Å². The van der Waals surface area contributed by atoms with Gasteiger partial charge in [-0.1, -0.05) is 61.4 Å². The summed E-state index contributed by atoms with van der Waals surface area (Å²) in [5.74, 6) is 1.22. The highest BCUT2D eigenvalue weighted by Crippen LogP contribution is 2.45. The summed E-state index contributed by atoms with van der Waals surface area (Å²) < 4.78 is 11.7. The lowest BCUT2D eigenvalue weighted by atomic mass is 9.67. The first-order chi connectivity index (χ1) is 25.2. The molecule has 1 aliphatic carbocycles. The first-order valence-electron chi connectivity index (χ1n) is 19.2. The average Bonchev–Trinajstić information content (AvgIpc) is 3.71. The second-order valence-corrected chi connectivity index (χ2v) is 14.9. The van der Waals surface area contributed by atoms with Crippen molar-refractivity contribution in [2.75, 3.05) is 64.9 Å². The van der Waals surface area contributed by atoms with Gasteiger partial charge in [0.05, 0.1) is 19.6 Å². The zero-order valence-corrected chi connectivity index (χ0v) is 30.9. The Morgan fingerprint density at radius 2 is 1.77 bits per heavy atom. The lowest BCUT2D eigenvalue weighted by molar-refractivity contribution is -0.135. The largest absolute Gasteiger partial charge is 0.508 e. The number of benzene rings is 3. The van der Waals surface area contributed by atoms with Crippen LogP contribution in [0.25, 0.3) is 0 Å². The molecule has 2 amide bonds. The average molecular weight is 713 g/mol. The zero-order chi connectivity index (χ0) is 36.5. The second kappa shape index (κ2) is 17.6. The Bertz CT molecular complexity index is 1650. The van der Waals surface area contributed by atoms with Crippen LogP contribution in [0.15, 0.2) is 60.7 Å². The number of nitrogens with one attached hydrogen (secondary N) is 2. The van der Waals surface area contributed by atoms with Crippen LogP contribution in [0.1, 0.15) is 74.1 Å². The highest BCUT2D eigenvalue weighted by Gasteiger charge is 2.39. The number of likely N-dealkylation sites (tertiary alicyclic amines) is 1. The van der Waals surface area contributed by atoms with Gasteiger partial charge in [0.1, 0.15) is 17.2 Å². The van der Waals surface area contributed by atoms with E-state index in [2.05, 4.69) is 59.8 Å². The molecular formula is C42H56N4O6. The fraction of sp³-hybridized carbons (Fsp3) is 0.524. The summed E-state index contributed by atoms with van der Waals surface area (Å²) in [7, 11) is 2.16. The molecule has 4 N–H and O–H groups in total. The van der Waals surface area contributed by atoms with Crippen molar-refractivity contribution in [2.24, 2.45) is 5.92 Å². The van der Waals surface area contributed by atoms with Crippen molar-refractivity contribution >= 4 is 17.5 Å². The Kier molecular flexibility index (Phi) is 12.7. The van der Waals surface area contributed by atoms with E-state index in [9.17, 15) is 19.8 Å². The second-order valence-electron chi connectivity index (χ2n) is 14.9. The van der Waals surface area contributed by atoms with Gasteiger partial charge in [-0.05, 0) is 107 Å². The molecule has 6 rings (SSSR count). The van der Waals surface area contributed by atoms with E-state index >= 15 is 0 Å². The topological polar surface area (TPSA) is 124 Å². The molecule has 280 valence electrons. The Hall–Kier alpha value is -4.12. The maximum atomic E-state index is 13.6. The molecule has 0 unspecified atom stereocenters. The molecule has 1 atom stereocenters. The number of anilines is 1. The van der Waals surface area contributed by atoms with Crippen LogP contribution in [-0.4, -0.2) is 97.5 Å². The zero-order valence-electron chi connectivity index (χ0n) is 30.9. The van der Waals surface area contributed by atoms with Crippen LogP contribution in [0.4, 0.5) is 5.69 Å². The highest BCUT2D eigenvalue weighted by atomic mass is 16.5. The number of nitrogens with zero attached hydrogens (tertiary/aromatic N) is 2. The van der Waals surface area contributed by atoms with Crippen molar-refractivity contribution in [3.05, 3.63) is 82.9 Å². The van der Waals surface area contributed by atoms with E-state index in [1.54, 1.807) is 6.07 Å². The van der Waals surface area contributed by atoms with Gasteiger partial charge in [0, 0.05) is 30.1 Å². The fourth-order valence-corrected chi connectivity index (χ4v) is 8.40. The molecule has 3 aromatic rings. The third kappa shape index (κ3) is 8.90. The van der Waals surface area contributed by atoms with Crippen LogP contribution in [0.3, 0.4) is 0 Å². The minimum absolute atomic E-state index is 0.00644. The van der Waals surface area contributed by atoms with E-state index in [-0.39, 0.29) is 35.6 Å². The lowest BCUT2D eigenvalue weighted by Gasteiger charge is -2.42. The summed E-state index contributed by atoms with van der Waals surface area (Å²) in [5.41, 5.74) is 4.38. The normalized spacial score (nSPS) is 18.0. The summed E-state index contributed by atoms with van der Waals surface area (Å²) in [4.78, 5) is 29.8. The molecule has 10 nitrogen and oxygen atoms in total. The monoisotopic (exact) mass is 712 g/mol. The van der Waals surface area contributed by atoms with Crippen molar-refractivity contribution in [1.29, 1.82) is 0 Å². The summed E-state index contributed by atoms with van der Waals surface area (Å²) in [6.07, 6.45) is 8.37. The number of amides is 2. The molecule has 0 spiro atoms. The van der Waals surface area contributed by atoms with Crippen LogP contribution in [0.5, 0.6) is 17.2 Å². The number of piperidine rings is 1. The van der Waals surface area contributed by atoms with Gasteiger partial charge in [-0.3, -0.25) is 9.59 Å². The van der Waals surface area contributed by atoms with E-state index in [1.807, 2.05) is 29.2 Å². The maximum Gasteiger partial charge on any atom is 0.262 e. The molecule has 0 bridgehead atoms. The summed E-state index contributed by atoms with van der Waals surface area (Å²) in [5, 5.41) is 27.4. The number of fused-ring (bicyclic) bond motifs is 1. The maximum absolute atomic E-state index is 13.6. The molecule has 1 saturated heterocycles. The van der Waals surface area contributed by atoms with Crippen LogP contribution in [0, 0.1) is 5.92 Å². The van der Waals surface area contributed by atoms with Crippen LogP contribution in [-0.2, 0) is 32.6 Å². The third-order valence-electron chi connectivity index (χ3n) is 11.6. The summed E-state index contributed by atoms with van der Waals surface area (Å²) >= 11 is 0. The van der Waals surface area contributed by atoms with Crippen LogP contribution < -0.4 is 15.4 Å². The molecule has 10 heteroatoms. The number of carbonyl (C=O) groups excluding carboxylic acids is 2. The molecule has 2 fully saturated rings. The molecule has 0 radical (unpaired) electrons. The van der Waals surface area contributed by atoms with Gasteiger partial charge >= 0.3 is 0 Å². The molecule has 0 aromatic heterocycles. The highest BCUT2D eigenvalue weighted by molar-refractivity contribution is 5.97. The minimum Gasteiger partial charge on any atom is -0.508 e. The van der Waals surface area contributed by atoms with Gasteiger partial charge in [0.25, 0.3) is 5.91 Å². The molecule has 3 aliphatic rings. The van der Waals surface area contributed by atoms with E-state index in [1.165, 1.54) is 18.4 Å². The van der Waals surface area contributed by atoms with Gasteiger partial charge in [-0.25, -0.2) is 0 Å². The quantitative estimate of drug-likeness (QED) is 0.111. The van der Waals surface area contributed by atoms with E-state index in [0.717, 1.165) is 55.5 Å². The van der Waals surface area contributed by atoms with Gasteiger partial charge in [0.2, 0.25) is 5.91 Å². The first-order valence-corrected chi connectivity index (χ1v) is 19.2. The molecule has 1 saturated carbocycles. The molecule has 3 aromatic carbocycles. The number of hydrogen-bond acceptors (Lipinski definition) is 8. The molecule has 2 aliphatic heterocycles. The number of ether oxygens (including phenoxy) is 2. The van der Waals surface area contributed by atoms with E-state index < -0.39 is 0 Å². The van der Waals surface area contributed by atoms with Crippen molar-refractivity contribution in [2.45, 2.75) is 76.2 Å². The first kappa shape index (κ1) is 37.6. The Morgan fingerprint density at radius 3 is 2.54 bits per heavy atom. The number of phenols is 2. The van der Waals surface area contributed by atoms with Gasteiger partial charge < -0.3 is 40.1 Å². The fourth-order valence-electron chi connectivity index (χ4n) is 8.40. The standard InChI is InChI=1S/C42H56N4O6/c1-30(32-8-6-7-9-32)46(25-22-43-21-16-33-13-15-37(48)40-41(33)52-29-38(49)44-40)39(50)18-27-51-26-17-31-12-14-36(47)35(28-31)42(19-23-45(2)24-20-42)34-10-4-3-5-11-34/h3-5,10-15,28,30,32,43,47-48H,6-9,16-27,29H2,1-2H3,(H,44,49)/t30-/m1/s1. The van der Waals surface area contributed by atoms with Crippen molar-refractivity contribution in [1.82, 2.24) is 15.1 Å². The minimum atomic E-state index is -0.282. The van der Waals surface area contributed by atoms with Gasteiger partial charge in [0.15, 0.2) is 12.4 Å². The predicted octanol–water partition coefficient (Wildman–Crippen LogP) is 5.63. The predicted molar refractivity (Wildman–Crippen MR) is 203 cm³/mol. The smallest absolute Gasteiger partial charge is 0.262 e. The number of phenolic OH excluding ortho intramolecular Hbond substituents is 2. The van der Waals surface area contributed by atoms with Crippen LogP contribution >= 0.6 is 0 Å². The SMILES string of the molecule is C[C@H](C1CCCC1)N(CCNCCc1ccc(O)c2c1OCC(=O)N2)C(=O)CCOCCc1ccc(O)c(C2(c3ccccc3)CCN(C)CC2)c1. The molecule has 2 heterocycles. The van der Waals surface area contributed by atoms with Crippen LogP contribution in [0.2, 0.25) is 0 Å². The van der Waals surface area contributed by atoms with E-state index in [4.69, 9.17) is 9.47 Å². The molecule has 52 heavy (non-hydrogen) atoms. The molecular weight excluding hydrogens is 656 g/mol. The lowest BCUT2D eigenvalue weighted by Crippen LogP contribution is -2.46. The van der Waals surface area contributed by atoms with Gasteiger partial charge in [-0.15, -0.1) is 0 Å². The summed E-state index contributed by atoms with van der Waals surface area (Å²) in [6.45, 7) is 6.89. The number of hydrogen-bond donors (Lipinski definition) is 4. The third-order valence-corrected chi connectivity index (χ3v) is 11.6. The summed E-state index contributed by atoms with van der Waals surface area (Å²) in [6, 6.07) is 20.1. The Morgan fingerprint density at radius 1 is 1.02 bits per heavy atom. The van der Waals surface area contributed by atoms with E-state index in [0.29, 0.717) is 75.2 Å². The Labute approximate surface area is 308 Å². The van der Waals surface area contributed by atoms with Crippen molar-refractivity contribution in [3.63, 3.8) is 0 Å². The number of carbonyl (C=O) groups is 2.